The molecule has 0 aromatic heterocycles. The second kappa shape index (κ2) is 11.7. The van der Waals surface area contributed by atoms with Gasteiger partial charge in [0.05, 0.1) is 0 Å². The van der Waals surface area contributed by atoms with Crippen LogP contribution in [0.4, 0.5) is 4.39 Å². The quantitative estimate of drug-likeness (QED) is 0.186. The van der Waals surface area contributed by atoms with Gasteiger partial charge in [-0.3, -0.25) is 0 Å². The number of hydrogen-bond donors (Lipinski definition) is 0. The minimum Gasteiger partial charge on any atom is -0.206 e. The second-order valence-corrected chi connectivity index (χ2v) is 9.06. The number of benzene rings is 4. The number of halogens is 1. The molecule has 34 heavy (non-hydrogen) atoms. The van der Waals surface area contributed by atoms with Crippen LogP contribution in [0.3, 0.4) is 0 Å². The molecule has 0 N–H and O–H groups in total. The van der Waals surface area contributed by atoms with E-state index in [1.807, 2.05) is 30.3 Å². The van der Waals surface area contributed by atoms with Gasteiger partial charge in [-0.1, -0.05) is 106 Å². The van der Waals surface area contributed by atoms with Gasteiger partial charge >= 0.3 is 0 Å². The predicted octanol–water partition coefficient (Wildman–Crippen LogP) is 9.12. The Balaban J connectivity index is 1.46. The molecule has 0 nitrogen and oxygen atoms in total. The smallest absolute Gasteiger partial charge is 0.134 e. The number of unbranched alkanes of at least 4 members (excludes halogenated alkanes) is 3. The van der Waals surface area contributed by atoms with E-state index in [2.05, 4.69) is 74.2 Å². The van der Waals surface area contributed by atoms with Crippen LogP contribution in [0.2, 0.25) is 0 Å². The van der Waals surface area contributed by atoms with Gasteiger partial charge in [0.15, 0.2) is 0 Å². The topological polar surface area (TPSA) is 0 Å². The van der Waals surface area contributed by atoms with Gasteiger partial charge in [0, 0.05) is 16.5 Å². The summed E-state index contributed by atoms with van der Waals surface area (Å²) in [6.45, 7) is 4.40. The van der Waals surface area contributed by atoms with Crippen LogP contribution in [0.1, 0.15) is 68.2 Å². The normalized spacial score (nSPS) is 10.8. The van der Waals surface area contributed by atoms with Crippen molar-refractivity contribution in [1.82, 2.24) is 0 Å². The third-order valence-electron chi connectivity index (χ3n) is 6.40. The highest BCUT2D eigenvalue weighted by molar-refractivity contribution is 5.85. The summed E-state index contributed by atoms with van der Waals surface area (Å²) >= 11 is 0. The van der Waals surface area contributed by atoms with Crippen molar-refractivity contribution in [2.45, 2.75) is 58.8 Å². The predicted molar refractivity (Wildman–Crippen MR) is 144 cm³/mol. The van der Waals surface area contributed by atoms with Crippen LogP contribution in [0, 0.1) is 17.7 Å². The highest BCUT2D eigenvalue weighted by Crippen LogP contribution is 2.24. The third kappa shape index (κ3) is 5.95. The molecule has 0 unspecified atom stereocenters. The van der Waals surface area contributed by atoms with E-state index in [1.54, 1.807) is 0 Å². The van der Waals surface area contributed by atoms with E-state index < -0.39 is 0 Å². The molecule has 0 amide bonds. The summed E-state index contributed by atoms with van der Waals surface area (Å²) in [4.78, 5) is 0. The molecule has 0 saturated heterocycles. The zero-order chi connectivity index (χ0) is 23.8. The first-order valence-corrected chi connectivity index (χ1v) is 12.6. The average Bonchev–Trinajstić information content (AvgIpc) is 2.87. The van der Waals surface area contributed by atoms with E-state index in [-0.39, 0.29) is 5.82 Å². The molecule has 4 aromatic rings. The summed E-state index contributed by atoms with van der Waals surface area (Å²) < 4.78 is 15.0. The molecule has 0 saturated carbocycles. The van der Waals surface area contributed by atoms with E-state index in [9.17, 15) is 4.39 Å². The molecule has 0 heterocycles. The fraction of sp³-hybridized carbons (Fsp3) is 0.273. The van der Waals surface area contributed by atoms with Crippen molar-refractivity contribution in [2.24, 2.45) is 0 Å². The van der Waals surface area contributed by atoms with Gasteiger partial charge in [-0.05, 0) is 71.2 Å². The summed E-state index contributed by atoms with van der Waals surface area (Å²) in [5, 5.41) is 1.59. The molecular weight excluding hydrogens is 415 g/mol. The standard InChI is InChI=1S/C33H33F/c1-3-5-6-7-9-30-21-22-31-24-27(16-23-32(31)33(30)34)11-10-26-14-19-29(20-15-26)28-17-12-25(8-4-2)13-18-28/h12-24H,3-9H2,1-2H3. The SMILES string of the molecule is CCCCCCc1ccc2cc(C#Cc3ccc(-c4ccc(CCC)cc4)cc3)ccc2c1F. The Labute approximate surface area is 203 Å². The number of rotatable bonds is 8. The maximum absolute atomic E-state index is 15.0. The Morgan fingerprint density at radius 3 is 2.00 bits per heavy atom. The van der Waals surface area contributed by atoms with Crippen LogP contribution in [-0.4, -0.2) is 0 Å². The molecule has 0 aliphatic heterocycles. The van der Waals surface area contributed by atoms with E-state index in [0.29, 0.717) is 5.39 Å². The molecule has 0 atom stereocenters. The average molecular weight is 449 g/mol. The van der Waals surface area contributed by atoms with Crippen molar-refractivity contribution >= 4 is 10.8 Å². The van der Waals surface area contributed by atoms with Gasteiger partial charge < -0.3 is 0 Å². The Morgan fingerprint density at radius 2 is 1.29 bits per heavy atom. The first-order chi connectivity index (χ1) is 16.7. The van der Waals surface area contributed by atoms with Crippen LogP contribution in [0.5, 0.6) is 0 Å². The van der Waals surface area contributed by atoms with Gasteiger partial charge in [0.1, 0.15) is 5.82 Å². The lowest BCUT2D eigenvalue weighted by molar-refractivity contribution is 0.603. The zero-order valence-electron chi connectivity index (χ0n) is 20.3. The van der Waals surface area contributed by atoms with Crippen LogP contribution in [0.15, 0.2) is 78.9 Å². The fourth-order valence-electron chi connectivity index (χ4n) is 4.39. The Hall–Kier alpha value is -3.37. The van der Waals surface area contributed by atoms with Crippen molar-refractivity contribution < 1.29 is 4.39 Å². The molecule has 0 aliphatic carbocycles. The van der Waals surface area contributed by atoms with Crippen LogP contribution >= 0.6 is 0 Å². The lowest BCUT2D eigenvalue weighted by Gasteiger charge is -2.07. The Kier molecular flexibility index (Phi) is 8.16. The minimum absolute atomic E-state index is 0.0770. The molecule has 0 radical (unpaired) electrons. The van der Waals surface area contributed by atoms with Crippen LogP contribution in [-0.2, 0) is 12.8 Å². The van der Waals surface area contributed by atoms with Crippen molar-refractivity contribution in [3.8, 4) is 23.0 Å². The largest absolute Gasteiger partial charge is 0.206 e. The maximum atomic E-state index is 15.0. The lowest BCUT2D eigenvalue weighted by atomic mass is 9.99. The minimum atomic E-state index is -0.0770. The fourth-order valence-corrected chi connectivity index (χ4v) is 4.39. The summed E-state index contributed by atoms with van der Waals surface area (Å²) in [5.41, 5.74) is 6.49. The van der Waals surface area contributed by atoms with E-state index in [0.717, 1.165) is 47.8 Å². The van der Waals surface area contributed by atoms with Crippen molar-refractivity contribution in [3.05, 3.63) is 107 Å². The van der Waals surface area contributed by atoms with E-state index >= 15 is 0 Å². The van der Waals surface area contributed by atoms with Gasteiger partial charge in [-0.25, -0.2) is 4.39 Å². The summed E-state index contributed by atoms with van der Waals surface area (Å²) in [6, 6.07) is 26.9. The maximum Gasteiger partial charge on any atom is 0.134 e. The van der Waals surface area contributed by atoms with Gasteiger partial charge in [0.25, 0.3) is 0 Å². The molecule has 0 aliphatic rings. The first kappa shape index (κ1) is 23.8. The second-order valence-electron chi connectivity index (χ2n) is 9.06. The highest BCUT2D eigenvalue weighted by atomic mass is 19.1. The van der Waals surface area contributed by atoms with Crippen molar-refractivity contribution in [2.75, 3.05) is 0 Å². The molecule has 0 bridgehead atoms. The molecule has 1 heteroatoms. The van der Waals surface area contributed by atoms with Gasteiger partial charge in [0.2, 0.25) is 0 Å². The molecule has 4 rings (SSSR count). The highest BCUT2D eigenvalue weighted by Gasteiger charge is 2.07. The van der Waals surface area contributed by atoms with Gasteiger partial charge in [-0.2, -0.15) is 0 Å². The van der Waals surface area contributed by atoms with E-state index in [4.69, 9.17) is 0 Å². The van der Waals surface area contributed by atoms with Crippen LogP contribution < -0.4 is 0 Å². The van der Waals surface area contributed by atoms with E-state index in [1.165, 1.54) is 36.0 Å². The molecule has 4 aromatic carbocycles. The summed E-state index contributed by atoms with van der Waals surface area (Å²) in [7, 11) is 0. The Bertz CT molecular complexity index is 1280. The van der Waals surface area contributed by atoms with Crippen LogP contribution in [0.25, 0.3) is 21.9 Å². The number of hydrogen-bond acceptors (Lipinski definition) is 0. The summed E-state index contributed by atoms with van der Waals surface area (Å²) in [6.07, 6.45) is 7.71. The van der Waals surface area contributed by atoms with Gasteiger partial charge in [-0.15, -0.1) is 0 Å². The van der Waals surface area contributed by atoms with Crippen molar-refractivity contribution in [1.29, 1.82) is 0 Å². The zero-order valence-corrected chi connectivity index (χ0v) is 20.3. The molecule has 172 valence electrons. The number of fused-ring (bicyclic) bond motifs is 1. The monoisotopic (exact) mass is 448 g/mol. The lowest BCUT2D eigenvalue weighted by Crippen LogP contribution is -1.93. The van der Waals surface area contributed by atoms with Crippen molar-refractivity contribution in [3.63, 3.8) is 0 Å². The first-order valence-electron chi connectivity index (χ1n) is 12.6. The Morgan fingerprint density at radius 1 is 0.618 bits per heavy atom. The molecule has 0 spiro atoms. The molecular formula is C33H33F. The summed E-state index contributed by atoms with van der Waals surface area (Å²) in [5.74, 6) is 6.42. The number of aryl methyl sites for hydroxylation is 2. The third-order valence-corrected chi connectivity index (χ3v) is 6.40. The molecule has 0 fully saturated rings.